The fourth-order valence-corrected chi connectivity index (χ4v) is 3.68. The lowest BCUT2D eigenvalue weighted by Crippen LogP contribution is -2.43. The third-order valence-electron chi connectivity index (χ3n) is 3.88. The Morgan fingerprint density at radius 1 is 1.22 bits per heavy atom. The molecule has 23 heavy (non-hydrogen) atoms. The van der Waals surface area contributed by atoms with Gasteiger partial charge in [0.1, 0.15) is 5.03 Å². The predicted octanol–water partition coefficient (Wildman–Crippen LogP) is 3.16. The maximum Gasteiger partial charge on any atom is 0.217 e. The summed E-state index contributed by atoms with van der Waals surface area (Å²) < 4.78 is 0. The van der Waals surface area contributed by atoms with E-state index in [9.17, 15) is 4.79 Å². The molecule has 1 aliphatic rings. The molecule has 1 aromatic carbocycles. The summed E-state index contributed by atoms with van der Waals surface area (Å²) in [7, 11) is 0. The summed E-state index contributed by atoms with van der Waals surface area (Å²) in [6, 6.07) is 16.8. The van der Waals surface area contributed by atoms with Gasteiger partial charge in [0.2, 0.25) is 5.91 Å². The maximum absolute atomic E-state index is 11.3. The van der Waals surface area contributed by atoms with Gasteiger partial charge in [0.05, 0.1) is 11.7 Å². The predicted molar refractivity (Wildman–Crippen MR) is 92.4 cm³/mol. The van der Waals surface area contributed by atoms with Gasteiger partial charge in [-0.2, -0.15) is 0 Å². The Morgan fingerprint density at radius 3 is 2.83 bits per heavy atom. The molecule has 120 valence electrons. The normalized spacial score (nSPS) is 20.9. The average Bonchev–Trinajstić information content (AvgIpc) is 2.56. The molecule has 2 aromatic rings. The number of nitrogens with one attached hydrogen (secondary N) is 2. The molecule has 0 aliphatic carbocycles. The molecule has 1 saturated heterocycles. The Morgan fingerprint density at radius 2 is 2.04 bits per heavy atom. The van der Waals surface area contributed by atoms with Crippen molar-refractivity contribution >= 4 is 17.7 Å². The van der Waals surface area contributed by atoms with Crippen molar-refractivity contribution in [1.82, 2.24) is 15.6 Å². The lowest BCUT2D eigenvalue weighted by Gasteiger charge is -2.30. The molecule has 1 fully saturated rings. The molecular formula is C18H21N3OS. The van der Waals surface area contributed by atoms with E-state index in [1.165, 1.54) is 4.90 Å². The molecule has 5 heteroatoms. The van der Waals surface area contributed by atoms with Crippen LogP contribution in [0.4, 0.5) is 0 Å². The molecule has 1 aliphatic heterocycles. The summed E-state index contributed by atoms with van der Waals surface area (Å²) in [6.45, 7) is 2.47. The number of nitrogens with zero attached hydrogens (tertiary/aromatic N) is 1. The van der Waals surface area contributed by atoms with Crippen molar-refractivity contribution in [2.45, 2.75) is 41.8 Å². The molecule has 2 heterocycles. The van der Waals surface area contributed by atoms with E-state index in [0.717, 1.165) is 30.1 Å². The van der Waals surface area contributed by atoms with E-state index in [1.807, 2.05) is 24.3 Å². The fraction of sp³-hybridized carbons (Fsp3) is 0.333. The Labute approximate surface area is 141 Å². The number of hydrogen-bond acceptors (Lipinski definition) is 4. The number of carbonyl (C=O) groups excluding carboxylic acids is 1. The SMILES string of the molecule is CC(=O)NC1CCNC(c2cccc(Sc3ccccc3)n2)C1. The summed E-state index contributed by atoms with van der Waals surface area (Å²) in [6.07, 6.45) is 1.85. The Bertz CT molecular complexity index is 662. The molecule has 0 radical (unpaired) electrons. The molecule has 0 saturated carbocycles. The lowest BCUT2D eigenvalue weighted by atomic mass is 9.97. The van der Waals surface area contributed by atoms with Gasteiger partial charge in [-0.05, 0) is 43.7 Å². The molecule has 2 unspecified atom stereocenters. The van der Waals surface area contributed by atoms with Crippen LogP contribution in [0, 0.1) is 0 Å². The minimum atomic E-state index is 0.0389. The zero-order valence-electron chi connectivity index (χ0n) is 13.2. The quantitative estimate of drug-likeness (QED) is 0.906. The molecular weight excluding hydrogens is 306 g/mol. The Hall–Kier alpha value is -1.85. The first kappa shape index (κ1) is 16.0. The highest BCUT2D eigenvalue weighted by molar-refractivity contribution is 7.99. The van der Waals surface area contributed by atoms with Gasteiger partial charge in [-0.25, -0.2) is 4.98 Å². The smallest absolute Gasteiger partial charge is 0.217 e. The van der Waals surface area contributed by atoms with Crippen LogP contribution in [0.15, 0.2) is 58.5 Å². The van der Waals surface area contributed by atoms with Crippen molar-refractivity contribution in [3.05, 3.63) is 54.2 Å². The summed E-state index contributed by atoms with van der Waals surface area (Å²) in [5, 5.41) is 7.53. The average molecular weight is 327 g/mol. The Kier molecular flexibility index (Phi) is 5.31. The summed E-state index contributed by atoms with van der Waals surface area (Å²) in [5.41, 5.74) is 1.04. The highest BCUT2D eigenvalue weighted by Gasteiger charge is 2.24. The standard InChI is InChI=1S/C18H21N3OS/c1-13(22)20-14-10-11-19-17(12-14)16-8-5-9-18(21-16)23-15-6-3-2-4-7-15/h2-9,14,17,19H,10-12H2,1H3,(H,20,22). The molecule has 3 rings (SSSR count). The van der Waals surface area contributed by atoms with Crippen molar-refractivity contribution in [2.24, 2.45) is 0 Å². The molecule has 1 amide bonds. The second-order valence-electron chi connectivity index (χ2n) is 5.74. The van der Waals surface area contributed by atoms with Gasteiger partial charge < -0.3 is 10.6 Å². The van der Waals surface area contributed by atoms with Crippen molar-refractivity contribution in [3.8, 4) is 0 Å². The van der Waals surface area contributed by atoms with E-state index in [-0.39, 0.29) is 18.0 Å². The highest BCUT2D eigenvalue weighted by Crippen LogP contribution is 2.28. The monoisotopic (exact) mass is 327 g/mol. The molecule has 2 atom stereocenters. The first-order valence-corrected chi connectivity index (χ1v) is 8.73. The number of rotatable bonds is 4. The van der Waals surface area contributed by atoms with Gasteiger partial charge in [0.25, 0.3) is 0 Å². The third kappa shape index (κ3) is 4.56. The number of benzene rings is 1. The molecule has 2 N–H and O–H groups in total. The lowest BCUT2D eigenvalue weighted by molar-refractivity contribution is -0.119. The molecule has 4 nitrogen and oxygen atoms in total. The van der Waals surface area contributed by atoms with Crippen LogP contribution in [0.3, 0.4) is 0 Å². The van der Waals surface area contributed by atoms with Crippen LogP contribution in [0.2, 0.25) is 0 Å². The third-order valence-corrected chi connectivity index (χ3v) is 4.82. The first-order valence-electron chi connectivity index (χ1n) is 7.91. The second kappa shape index (κ2) is 7.62. The number of aromatic nitrogens is 1. The zero-order valence-corrected chi connectivity index (χ0v) is 14.0. The van der Waals surface area contributed by atoms with E-state index in [4.69, 9.17) is 4.98 Å². The number of piperidine rings is 1. The minimum absolute atomic E-state index is 0.0389. The molecule has 0 bridgehead atoms. The van der Waals surface area contributed by atoms with E-state index in [0.29, 0.717) is 0 Å². The van der Waals surface area contributed by atoms with Gasteiger partial charge in [-0.15, -0.1) is 0 Å². The number of carbonyl (C=O) groups is 1. The first-order chi connectivity index (χ1) is 11.2. The van der Waals surface area contributed by atoms with Crippen molar-refractivity contribution in [2.75, 3.05) is 6.54 Å². The number of hydrogen-bond donors (Lipinski definition) is 2. The van der Waals surface area contributed by atoms with Gasteiger partial charge >= 0.3 is 0 Å². The highest BCUT2D eigenvalue weighted by atomic mass is 32.2. The van der Waals surface area contributed by atoms with Crippen LogP contribution in [0.1, 0.15) is 31.5 Å². The van der Waals surface area contributed by atoms with Crippen molar-refractivity contribution in [1.29, 1.82) is 0 Å². The van der Waals surface area contributed by atoms with Gasteiger partial charge in [-0.1, -0.05) is 36.0 Å². The van der Waals surface area contributed by atoms with Crippen LogP contribution in [-0.4, -0.2) is 23.5 Å². The van der Waals surface area contributed by atoms with Crippen molar-refractivity contribution < 1.29 is 4.79 Å². The van der Waals surface area contributed by atoms with E-state index < -0.39 is 0 Å². The topological polar surface area (TPSA) is 54.0 Å². The van der Waals surface area contributed by atoms with Gasteiger partial charge in [0.15, 0.2) is 0 Å². The number of pyridine rings is 1. The van der Waals surface area contributed by atoms with Crippen LogP contribution < -0.4 is 10.6 Å². The van der Waals surface area contributed by atoms with E-state index in [1.54, 1.807) is 18.7 Å². The fourth-order valence-electron chi connectivity index (χ4n) is 2.85. The summed E-state index contributed by atoms with van der Waals surface area (Å²) in [5.74, 6) is 0.0389. The van der Waals surface area contributed by atoms with Crippen molar-refractivity contribution in [3.63, 3.8) is 0 Å². The summed E-state index contributed by atoms with van der Waals surface area (Å²) >= 11 is 1.67. The van der Waals surface area contributed by atoms with Crippen LogP contribution in [0.25, 0.3) is 0 Å². The molecule has 1 aromatic heterocycles. The van der Waals surface area contributed by atoms with Crippen LogP contribution in [-0.2, 0) is 4.79 Å². The maximum atomic E-state index is 11.3. The van der Waals surface area contributed by atoms with E-state index in [2.05, 4.69) is 34.9 Å². The number of amides is 1. The Balaban J connectivity index is 1.70. The van der Waals surface area contributed by atoms with Gasteiger partial charge in [0, 0.05) is 17.9 Å². The summed E-state index contributed by atoms with van der Waals surface area (Å²) in [4.78, 5) is 17.2. The second-order valence-corrected chi connectivity index (χ2v) is 6.84. The van der Waals surface area contributed by atoms with Gasteiger partial charge in [-0.3, -0.25) is 4.79 Å². The van der Waals surface area contributed by atoms with Crippen LogP contribution in [0.5, 0.6) is 0 Å². The molecule has 0 spiro atoms. The minimum Gasteiger partial charge on any atom is -0.353 e. The van der Waals surface area contributed by atoms with E-state index >= 15 is 0 Å². The zero-order chi connectivity index (χ0) is 16.1. The largest absolute Gasteiger partial charge is 0.353 e. The van der Waals surface area contributed by atoms with Crippen LogP contribution >= 0.6 is 11.8 Å².